The van der Waals surface area contributed by atoms with Gasteiger partial charge in [-0.3, -0.25) is 0 Å². The first kappa shape index (κ1) is 17.2. The molecule has 0 fully saturated rings. The van der Waals surface area contributed by atoms with Crippen LogP contribution in [-0.4, -0.2) is 16.2 Å². The van der Waals surface area contributed by atoms with Gasteiger partial charge in [-0.05, 0) is 48.4 Å². The topological polar surface area (TPSA) is 36.3 Å². The molecule has 4 rings (SSSR count). The fraction of sp³-hybridized carbons (Fsp3) is 0.174. The van der Waals surface area contributed by atoms with E-state index in [2.05, 4.69) is 27.8 Å². The van der Waals surface area contributed by atoms with Gasteiger partial charge < -0.3 is 14.0 Å². The summed E-state index contributed by atoms with van der Waals surface area (Å²) in [5.41, 5.74) is 3.35. The molecule has 0 spiro atoms. The molecule has 0 amide bonds. The minimum atomic E-state index is 0.569. The van der Waals surface area contributed by atoms with Crippen molar-refractivity contribution < 1.29 is 9.47 Å². The van der Waals surface area contributed by atoms with Crippen LogP contribution in [0.25, 0.3) is 11.0 Å². The van der Waals surface area contributed by atoms with E-state index in [1.54, 1.807) is 0 Å². The lowest BCUT2D eigenvalue weighted by Crippen LogP contribution is -2.03. The van der Waals surface area contributed by atoms with E-state index < -0.39 is 0 Å². The molecule has 4 aromatic rings. The van der Waals surface area contributed by atoms with E-state index in [4.69, 9.17) is 9.47 Å². The summed E-state index contributed by atoms with van der Waals surface area (Å²) < 4.78 is 13.8. The Bertz CT molecular complexity index is 978. The molecule has 0 unspecified atom stereocenters. The standard InChI is InChI=1S/C23H22N2O2/c1-2-7-19(8-3-1)17-27-21-13-11-20(12-14-21)26-16-6-15-25-18-24-22-9-4-5-10-23(22)25/h1-5,7-14,18H,6,15-17H2. The Morgan fingerprint density at radius 3 is 2.26 bits per heavy atom. The highest BCUT2D eigenvalue weighted by Crippen LogP contribution is 2.19. The van der Waals surface area contributed by atoms with Gasteiger partial charge in [-0.25, -0.2) is 4.98 Å². The molecule has 0 aliphatic rings. The van der Waals surface area contributed by atoms with Crippen LogP contribution < -0.4 is 9.47 Å². The zero-order valence-corrected chi connectivity index (χ0v) is 15.1. The molecule has 0 radical (unpaired) electrons. The normalized spacial score (nSPS) is 10.8. The van der Waals surface area contributed by atoms with Crippen molar-refractivity contribution in [2.24, 2.45) is 0 Å². The van der Waals surface area contributed by atoms with Crippen molar-refractivity contribution in [3.8, 4) is 11.5 Å². The molecular formula is C23H22N2O2. The Labute approximate surface area is 159 Å². The molecule has 4 heteroatoms. The van der Waals surface area contributed by atoms with Crippen molar-refractivity contribution in [3.05, 3.63) is 90.8 Å². The number of nitrogens with zero attached hydrogens (tertiary/aromatic N) is 2. The van der Waals surface area contributed by atoms with E-state index in [0.29, 0.717) is 13.2 Å². The van der Waals surface area contributed by atoms with E-state index in [1.165, 1.54) is 0 Å². The number of imidazole rings is 1. The highest BCUT2D eigenvalue weighted by molar-refractivity contribution is 5.74. The SMILES string of the molecule is c1ccc(COc2ccc(OCCCn3cnc4ccccc43)cc2)cc1. The van der Waals surface area contributed by atoms with E-state index in [1.807, 2.05) is 67.0 Å². The van der Waals surface area contributed by atoms with Gasteiger partial charge in [0.05, 0.1) is 24.0 Å². The number of benzene rings is 3. The van der Waals surface area contributed by atoms with Gasteiger partial charge in [0.25, 0.3) is 0 Å². The summed E-state index contributed by atoms with van der Waals surface area (Å²) in [5.74, 6) is 1.70. The predicted molar refractivity (Wildman–Crippen MR) is 107 cm³/mol. The van der Waals surface area contributed by atoms with Crippen LogP contribution in [0.3, 0.4) is 0 Å². The van der Waals surface area contributed by atoms with Crippen LogP contribution in [0.2, 0.25) is 0 Å². The lowest BCUT2D eigenvalue weighted by atomic mass is 10.2. The summed E-state index contributed by atoms with van der Waals surface area (Å²) in [7, 11) is 0. The average Bonchev–Trinajstić information content (AvgIpc) is 3.14. The summed E-state index contributed by atoms with van der Waals surface area (Å²) in [6, 6.07) is 26.1. The van der Waals surface area contributed by atoms with Gasteiger partial charge in [0.1, 0.15) is 18.1 Å². The lowest BCUT2D eigenvalue weighted by molar-refractivity contribution is 0.295. The minimum Gasteiger partial charge on any atom is -0.494 e. The third-order valence-electron chi connectivity index (χ3n) is 4.41. The van der Waals surface area contributed by atoms with Crippen molar-refractivity contribution in [2.45, 2.75) is 19.6 Å². The quantitative estimate of drug-likeness (QED) is 0.412. The fourth-order valence-corrected chi connectivity index (χ4v) is 2.99. The number of para-hydroxylation sites is 2. The van der Waals surface area contributed by atoms with Crippen molar-refractivity contribution in [3.63, 3.8) is 0 Å². The maximum atomic E-state index is 5.84. The minimum absolute atomic E-state index is 0.569. The van der Waals surface area contributed by atoms with E-state index >= 15 is 0 Å². The number of hydrogen-bond acceptors (Lipinski definition) is 3. The van der Waals surface area contributed by atoms with Crippen molar-refractivity contribution in [2.75, 3.05) is 6.61 Å². The first-order valence-corrected chi connectivity index (χ1v) is 9.18. The molecule has 136 valence electrons. The molecule has 0 bridgehead atoms. The van der Waals surface area contributed by atoms with E-state index in [9.17, 15) is 0 Å². The highest BCUT2D eigenvalue weighted by Gasteiger charge is 2.02. The second-order valence-corrected chi connectivity index (χ2v) is 6.37. The maximum Gasteiger partial charge on any atom is 0.120 e. The van der Waals surface area contributed by atoms with Gasteiger partial charge in [-0.1, -0.05) is 42.5 Å². The summed E-state index contributed by atoms with van der Waals surface area (Å²) >= 11 is 0. The smallest absolute Gasteiger partial charge is 0.120 e. The second kappa shape index (κ2) is 8.41. The van der Waals surface area contributed by atoms with Gasteiger partial charge >= 0.3 is 0 Å². The van der Waals surface area contributed by atoms with Crippen LogP contribution in [-0.2, 0) is 13.2 Å². The molecule has 3 aromatic carbocycles. The van der Waals surface area contributed by atoms with Crippen LogP contribution in [0.5, 0.6) is 11.5 Å². The molecule has 0 aliphatic heterocycles. The Morgan fingerprint density at radius 2 is 1.44 bits per heavy atom. The Morgan fingerprint density at radius 1 is 0.741 bits per heavy atom. The molecule has 0 aliphatic carbocycles. The number of hydrogen-bond donors (Lipinski definition) is 0. The molecule has 0 atom stereocenters. The molecule has 1 aromatic heterocycles. The highest BCUT2D eigenvalue weighted by atomic mass is 16.5. The number of aromatic nitrogens is 2. The number of aryl methyl sites for hydroxylation is 1. The van der Waals surface area contributed by atoms with E-state index in [-0.39, 0.29) is 0 Å². The zero-order chi connectivity index (χ0) is 18.3. The first-order chi connectivity index (χ1) is 13.4. The molecule has 27 heavy (non-hydrogen) atoms. The van der Waals surface area contributed by atoms with Gasteiger partial charge in [0.15, 0.2) is 0 Å². The van der Waals surface area contributed by atoms with Crippen LogP contribution in [0.15, 0.2) is 85.2 Å². The van der Waals surface area contributed by atoms with Crippen molar-refractivity contribution in [1.29, 1.82) is 0 Å². The summed E-state index contributed by atoms with van der Waals surface area (Å²) in [5, 5.41) is 0. The van der Waals surface area contributed by atoms with Crippen LogP contribution in [0.1, 0.15) is 12.0 Å². The Balaban J connectivity index is 1.23. The summed E-state index contributed by atoms with van der Waals surface area (Å²) in [6.07, 6.45) is 2.82. The second-order valence-electron chi connectivity index (χ2n) is 6.37. The van der Waals surface area contributed by atoms with Gasteiger partial charge in [0, 0.05) is 6.54 Å². The number of rotatable bonds is 8. The Hall–Kier alpha value is -3.27. The summed E-state index contributed by atoms with van der Waals surface area (Å²) in [4.78, 5) is 4.41. The molecule has 0 saturated heterocycles. The van der Waals surface area contributed by atoms with Crippen LogP contribution in [0.4, 0.5) is 0 Å². The molecule has 0 saturated carbocycles. The van der Waals surface area contributed by atoms with Gasteiger partial charge in [-0.15, -0.1) is 0 Å². The van der Waals surface area contributed by atoms with Crippen LogP contribution in [0, 0.1) is 0 Å². The largest absolute Gasteiger partial charge is 0.494 e. The van der Waals surface area contributed by atoms with Crippen molar-refractivity contribution in [1.82, 2.24) is 9.55 Å². The average molecular weight is 358 g/mol. The monoisotopic (exact) mass is 358 g/mol. The van der Waals surface area contributed by atoms with Gasteiger partial charge in [0.2, 0.25) is 0 Å². The predicted octanol–water partition coefficient (Wildman–Crippen LogP) is 5.08. The molecule has 4 nitrogen and oxygen atoms in total. The third-order valence-corrected chi connectivity index (χ3v) is 4.41. The molecular weight excluding hydrogens is 336 g/mol. The van der Waals surface area contributed by atoms with Crippen molar-refractivity contribution >= 4 is 11.0 Å². The zero-order valence-electron chi connectivity index (χ0n) is 15.1. The van der Waals surface area contributed by atoms with Crippen LogP contribution >= 0.6 is 0 Å². The fourth-order valence-electron chi connectivity index (χ4n) is 2.99. The Kier molecular flexibility index (Phi) is 5.34. The third kappa shape index (κ3) is 4.47. The number of fused-ring (bicyclic) bond motifs is 1. The number of ether oxygens (including phenoxy) is 2. The van der Waals surface area contributed by atoms with E-state index in [0.717, 1.165) is 41.1 Å². The molecule has 0 N–H and O–H groups in total. The first-order valence-electron chi connectivity index (χ1n) is 9.18. The maximum absolute atomic E-state index is 5.84. The lowest BCUT2D eigenvalue weighted by Gasteiger charge is -2.09. The molecule has 1 heterocycles. The summed E-state index contributed by atoms with van der Waals surface area (Å²) in [6.45, 7) is 2.12. The van der Waals surface area contributed by atoms with Gasteiger partial charge in [-0.2, -0.15) is 0 Å².